The largest absolute Gasteiger partial charge is 0.481 e. The van der Waals surface area contributed by atoms with Gasteiger partial charge in [0.1, 0.15) is 12.2 Å². The van der Waals surface area contributed by atoms with Crippen LogP contribution in [0.15, 0.2) is 41.8 Å². The number of hydrogen-bond acceptors (Lipinski definition) is 4. The van der Waals surface area contributed by atoms with Gasteiger partial charge in [-0.25, -0.2) is 0 Å². The van der Waals surface area contributed by atoms with E-state index in [9.17, 15) is 19.5 Å². The molecule has 2 amide bonds. The van der Waals surface area contributed by atoms with Crippen molar-refractivity contribution in [2.24, 2.45) is 11.8 Å². The molecule has 1 aromatic carbocycles. The number of aromatic nitrogens is 1. The first-order valence-corrected chi connectivity index (χ1v) is 13.6. The number of aliphatic carboxylic acids is 1. The van der Waals surface area contributed by atoms with Crippen LogP contribution in [0.25, 0.3) is 10.2 Å². The summed E-state index contributed by atoms with van der Waals surface area (Å²) in [5, 5.41) is 14.3. The van der Waals surface area contributed by atoms with Gasteiger partial charge in [0.2, 0.25) is 5.91 Å². The Kier molecular flexibility index (Phi) is 8.14. The number of amides is 2. The minimum Gasteiger partial charge on any atom is -0.481 e. The third-order valence-corrected chi connectivity index (χ3v) is 7.80. The predicted molar refractivity (Wildman–Crippen MR) is 144 cm³/mol. The maximum atomic E-state index is 13.5. The summed E-state index contributed by atoms with van der Waals surface area (Å²) >= 11 is 1.54. The number of anilines is 1. The Morgan fingerprint density at radius 3 is 2.56 bits per heavy atom. The summed E-state index contributed by atoms with van der Waals surface area (Å²) in [7, 11) is 0. The molecule has 192 valence electrons. The number of nitrogens with one attached hydrogen (secondary N) is 1. The van der Waals surface area contributed by atoms with Crippen LogP contribution in [-0.2, 0) is 22.6 Å². The third kappa shape index (κ3) is 5.81. The van der Waals surface area contributed by atoms with Crippen molar-refractivity contribution >= 4 is 45.0 Å². The van der Waals surface area contributed by atoms with Crippen molar-refractivity contribution in [3.05, 3.63) is 53.0 Å². The molecule has 0 bridgehead atoms. The molecule has 36 heavy (non-hydrogen) atoms. The number of likely N-dealkylation sites (N-methyl/N-ethyl adjacent to an activating group) is 1. The minimum atomic E-state index is -0.761. The van der Waals surface area contributed by atoms with E-state index in [0.29, 0.717) is 43.8 Å². The fourth-order valence-corrected chi connectivity index (χ4v) is 5.95. The van der Waals surface area contributed by atoms with Gasteiger partial charge in [0.05, 0.1) is 16.1 Å². The van der Waals surface area contributed by atoms with Gasteiger partial charge in [-0.05, 0) is 80.2 Å². The Balaban J connectivity index is 1.52. The quantitative estimate of drug-likeness (QED) is 0.408. The van der Waals surface area contributed by atoms with Gasteiger partial charge in [0.25, 0.3) is 5.91 Å². The number of carboxylic acids is 1. The number of carbonyl (C=O) groups excluding carboxylic acids is 2. The van der Waals surface area contributed by atoms with Crippen LogP contribution < -0.4 is 10.2 Å². The van der Waals surface area contributed by atoms with E-state index in [4.69, 9.17) is 0 Å². The molecule has 2 N–H and O–H groups in total. The van der Waals surface area contributed by atoms with Gasteiger partial charge in [0, 0.05) is 18.3 Å². The fourth-order valence-electron chi connectivity index (χ4n) is 5.13. The maximum absolute atomic E-state index is 13.5. The van der Waals surface area contributed by atoms with Crippen LogP contribution in [0.2, 0.25) is 0 Å². The first kappa shape index (κ1) is 25.9. The summed E-state index contributed by atoms with van der Waals surface area (Å²) in [5.41, 5.74) is 3.41. The highest BCUT2D eigenvalue weighted by Crippen LogP contribution is 2.28. The zero-order chi connectivity index (χ0) is 25.8. The number of fused-ring (bicyclic) bond motifs is 1. The number of hydrogen-bond donors (Lipinski definition) is 2. The molecule has 1 aliphatic rings. The lowest BCUT2D eigenvalue weighted by Crippen LogP contribution is -2.40. The smallest absolute Gasteiger partial charge is 0.306 e. The maximum Gasteiger partial charge on any atom is 0.306 e. The molecule has 4 rings (SSSR count). The molecular weight excluding hydrogens is 474 g/mol. The van der Waals surface area contributed by atoms with Gasteiger partial charge in [0.15, 0.2) is 0 Å². The minimum absolute atomic E-state index is 0.0546. The standard InChI is InChI=1S/C28H35N3O4S/c1-4-30(22-7-5-6-19(15-22)14-18(2)3)26(32)17-31-23-12-13-36-25(23)16-24(31)27(33)29-21-10-8-20(9-11-21)28(34)35/h5-7,12-13,15-16,18,20-21H,4,8-11,14,17H2,1-3H3,(H,29,33)(H,34,35). The number of nitrogens with zero attached hydrogens (tertiary/aromatic N) is 2. The summed E-state index contributed by atoms with van der Waals surface area (Å²) < 4.78 is 2.78. The van der Waals surface area contributed by atoms with E-state index in [0.717, 1.165) is 22.3 Å². The Hall–Kier alpha value is -3.13. The van der Waals surface area contributed by atoms with Crippen LogP contribution in [0.5, 0.6) is 0 Å². The van der Waals surface area contributed by atoms with Crippen LogP contribution >= 0.6 is 11.3 Å². The third-order valence-electron chi connectivity index (χ3n) is 6.94. The highest BCUT2D eigenvalue weighted by Gasteiger charge is 2.28. The van der Waals surface area contributed by atoms with E-state index in [2.05, 4.69) is 31.3 Å². The Labute approximate surface area is 216 Å². The lowest BCUT2D eigenvalue weighted by molar-refractivity contribution is -0.142. The van der Waals surface area contributed by atoms with Gasteiger partial charge < -0.3 is 19.9 Å². The van der Waals surface area contributed by atoms with Gasteiger partial charge in [-0.3, -0.25) is 14.4 Å². The molecule has 7 nitrogen and oxygen atoms in total. The molecule has 2 heterocycles. The van der Waals surface area contributed by atoms with Crippen molar-refractivity contribution in [1.29, 1.82) is 0 Å². The molecule has 0 radical (unpaired) electrons. The second kappa shape index (κ2) is 11.3. The highest BCUT2D eigenvalue weighted by molar-refractivity contribution is 7.17. The van der Waals surface area contributed by atoms with Gasteiger partial charge in [-0.1, -0.05) is 26.0 Å². The average molecular weight is 510 g/mol. The Bertz CT molecular complexity index is 1240. The van der Waals surface area contributed by atoms with Crippen molar-refractivity contribution in [1.82, 2.24) is 9.88 Å². The van der Waals surface area contributed by atoms with Crippen LogP contribution in [0.4, 0.5) is 5.69 Å². The van der Waals surface area contributed by atoms with Gasteiger partial charge in [-0.15, -0.1) is 11.3 Å². The number of benzene rings is 1. The van der Waals surface area contributed by atoms with E-state index >= 15 is 0 Å². The van der Waals surface area contributed by atoms with Crippen LogP contribution in [0.3, 0.4) is 0 Å². The number of rotatable bonds is 9. The van der Waals surface area contributed by atoms with Crippen molar-refractivity contribution in [3.63, 3.8) is 0 Å². The predicted octanol–water partition coefficient (Wildman–Crippen LogP) is 5.33. The second-order valence-corrected chi connectivity index (χ2v) is 11.0. The fraction of sp³-hybridized carbons (Fsp3) is 0.464. The van der Waals surface area contributed by atoms with Crippen molar-refractivity contribution in [2.45, 2.75) is 65.5 Å². The zero-order valence-corrected chi connectivity index (χ0v) is 22.0. The summed E-state index contributed by atoms with van der Waals surface area (Å²) in [6.07, 6.45) is 3.37. The Morgan fingerprint density at radius 1 is 1.14 bits per heavy atom. The van der Waals surface area contributed by atoms with Crippen LogP contribution in [0, 0.1) is 11.8 Å². The summed E-state index contributed by atoms with van der Waals surface area (Å²) in [6.45, 7) is 6.92. The van der Waals surface area contributed by atoms with E-state index in [1.807, 2.05) is 41.1 Å². The molecule has 0 spiro atoms. The lowest BCUT2D eigenvalue weighted by Gasteiger charge is -2.27. The summed E-state index contributed by atoms with van der Waals surface area (Å²) in [5.74, 6) is -0.851. The van der Waals surface area contributed by atoms with Gasteiger partial charge >= 0.3 is 5.97 Å². The Morgan fingerprint density at radius 2 is 1.89 bits per heavy atom. The SMILES string of the molecule is CCN(C(=O)Cn1c(C(=O)NC2CCC(C(=O)O)CC2)cc2sccc21)c1cccc(CC(C)C)c1. The molecule has 0 atom stereocenters. The van der Waals surface area contributed by atoms with E-state index in [1.165, 1.54) is 5.56 Å². The van der Waals surface area contributed by atoms with Crippen molar-refractivity contribution in [3.8, 4) is 0 Å². The molecule has 0 saturated heterocycles. The van der Waals surface area contributed by atoms with Crippen LogP contribution in [0.1, 0.15) is 62.5 Å². The zero-order valence-electron chi connectivity index (χ0n) is 21.2. The highest BCUT2D eigenvalue weighted by atomic mass is 32.1. The molecule has 8 heteroatoms. The first-order chi connectivity index (χ1) is 17.3. The molecule has 1 aliphatic carbocycles. The number of carbonyl (C=O) groups is 3. The van der Waals surface area contributed by atoms with Crippen LogP contribution in [-0.4, -0.2) is 40.0 Å². The molecule has 0 aliphatic heterocycles. The van der Waals surface area contributed by atoms with Crippen molar-refractivity contribution < 1.29 is 19.5 Å². The van der Waals surface area contributed by atoms with Gasteiger partial charge in [-0.2, -0.15) is 0 Å². The van der Waals surface area contributed by atoms with E-state index < -0.39 is 5.97 Å². The molecular formula is C28H35N3O4S. The molecule has 1 saturated carbocycles. The summed E-state index contributed by atoms with van der Waals surface area (Å²) in [6, 6.07) is 11.9. The number of thiophene rings is 1. The normalized spacial score (nSPS) is 17.9. The molecule has 2 aromatic heterocycles. The topological polar surface area (TPSA) is 91.6 Å². The first-order valence-electron chi connectivity index (χ1n) is 12.8. The molecule has 3 aromatic rings. The van der Waals surface area contributed by atoms with E-state index in [-0.39, 0.29) is 30.3 Å². The average Bonchev–Trinajstić information content (AvgIpc) is 3.42. The number of carboxylic acid groups (broad SMARTS) is 1. The van der Waals surface area contributed by atoms with Crippen molar-refractivity contribution in [2.75, 3.05) is 11.4 Å². The lowest BCUT2D eigenvalue weighted by atomic mass is 9.86. The molecule has 1 fully saturated rings. The summed E-state index contributed by atoms with van der Waals surface area (Å²) in [4.78, 5) is 39.8. The molecule has 0 unspecified atom stereocenters. The van der Waals surface area contributed by atoms with E-state index in [1.54, 1.807) is 16.2 Å². The second-order valence-electron chi connectivity index (χ2n) is 10.1. The monoisotopic (exact) mass is 509 g/mol.